The minimum absolute atomic E-state index is 0.173. The van der Waals surface area contributed by atoms with Crippen LogP contribution in [0.15, 0.2) is 18.3 Å². The Morgan fingerprint density at radius 1 is 1.65 bits per heavy atom. The van der Waals surface area contributed by atoms with E-state index in [9.17, 15) is 4.79 Å². The topological polar surface area (TPSA) is 42.4 Å². The minimum atomic E-state index is 0.173. The molecule has 1 aliphatic heterocycles. The summed E-state index contributed by atoms with van der Waals surface area (Å²) in [4.78, 5) is 17.6. The molecular formula is C12H15ClN2O2. The number of likely N-dealkylation sites (tertiary alicyclic amines) is 1. The van der Waals surface area contributed by atoms with E-state index in [2.05, 4.69) is 4.98 Å². The van der Waals surface area contributed by atoms with Gasteiger partial charge in [-0.05, 0) is 17.5 Å². The average molecular weight is 255 g/mol. The molecule has 1 amide bonds. The molecule has 2 heterocycles. The molecule has 0 bridgehead atoms. The van der Waals surface area contributed by atoms with Crippen LogP contribution < -0.4 is 4.74 Å². The number of alkyl halides is 1. The normalized spacial score (nSPS) is 19.8. The van der Waals surface area contributed by atoms with Crippen LogP contribution in [0.5, 0.6) is 5.88 Å². The summed E-state index contributed by atoms with van der Waals surface area (Å²) in [7, 11) is 1.58. The smallest absolute Gasteiger partial charge is 0.223 e. The Balaban J connectivity index is 2.03. The number of hydrogen-bond acceptors (Lipinski definition) is 3. The molecule has 0 N–H and O–H groups in total. The van der Waals surface area contributed by atoms with Crippen LogP contribution in [0, 0.1) is 5.92 Å². The van der Waals surface area contributed by atoms with Gasteiger partial charge in [-0.3, -0.25) is 4.79 Å². The van der Waals surface area contributed by atoms with Gasteiger partial charge in [-0.1, -0.05) is 0 Å². The van der Waals surface area contributed by atoms with E-state index in [4.69, 9.17) is 16.3 Å². The van der Waals surface area contributed by atoms with Crippen LogP contribution in [0.2, 0.25) is 0 Å². The first-order valence-corrected chi connectivity index (χ1v) is 6.09. The summed E-state index contributed by atoms with van der Waals surface area (Å²) in [5, 5.41) is 0. The van der Waals surface area contributed by atoms with Gasteiger partial charge < -0.3 is 9.64 Å². The van der Waals surface area contributed by atoms with Crippen molar-refractivity contribution in [3.63, 3.8) is 0 Å². The van der Waals surface area contributed by atoms with E-state index in [1.54, 1.807) is 13.3 Å². The molecule has 1 atom stereocenters. The van der Waals surface area contributed by atoms with Gasteiger partial charge in [0.15, 0.2) is 0 Å². The first-order valence-electron chi connectivity index (χ1n) is 5.55. The monoisotopic (exact) mass is 254 g/mol. The number of amides is 1. The molecule has 17 heavy (non-hydrogen) atoms. The number of hydrogen-bond donors (Lipinski definition) is 0. The lowest BCUT2D eigenvalue weighted by Crippen LogP contribution is -2.24. The third kappa shape index (κ3) is 2.88. The van der Waals surface area contributed by atoms with E-state index in [0.717, 1.165) is 12.1 Å². The number of halogens is 1. The fourth-order valence-electron chi connectivity index (χ4n) is 1.99. The third-order valence-electron chi connectivity index (χ3n) is 2.89. The molecule has 1 fully saturated rings. The molecule has 92 valence electrons. The van der Waals surface area contributed by atoms with Crippen molar-refractivity contribution in [2.45, 2.75) is 13.0 Å². The van der Waals surface area contributed by atoms with Crippen LogP contribution in [0.1, 0.15) is 12.0 Å². The van der Waals surface area contributed by atoms with Crippen LogP contribution in [0.4, 0.5) is 0 Å². The van der Waals surface area contributed by atoms with Gasteiger partial charge in [0, 0.05) is 37.7 Å². The highest BCUT2D eigenvalue weighted by Gasteiger charge is 2.28. The van der Waals surface area contributed by atoms with Crippen molar-refractivity contribution in [1.82, 2.24) is 9.88 Å². The zero-order valence-corrected chi connectivity index (χ0v) is 10.5. The first kappa shape index (κ1) is 12.2. The summed E-state index contributed by atoms with van der Waals surface area (Å²) in [5.41, 5.74) is 1.03. The van der Waals surface area contributed by atoms with Crippen LogP contribution in [-0.2, 0) is 11.3 Å². The fraction of sp³-hybridized carbons (Fsp3) is 0.500. The number of aromatic nitrogens is 1. The standard InChI is InChI=1S/C12H15ClN2O2/c1-17-11-4-9(2-3-14-11)7-15-8-10(6-13)5-12(15)16/h2-4,10H,5-8H2,1H3. The summed E-state index contributed by atoms with van der Waals surface area (Å²) in [6.45, 7) is 1.35. The SMILES string of the molecule is COc1cc(CN2CC(CCl)CC2=O)ccn1. The molecule has 0 aromatic carbocycles. The molecule has 1 aromatic rings. The predicted octanol–water partition coefficient (Wildman–Crippen LogP) is 1.68. The summed E-state index contributed by atoms with van der Waals surface area (Å²) >= 11 is 5.78. The lowest BCUT2D eigenvalue weighted by molar-refractivity contribution is -0.128. The fourth-order valence-corrected chi connectivity index (χ4v) is 2.20. The van der Waals surface area contributed by atoms with Gasteiger partial charge in [0.1, 0.15) is 0 Å². The van der Waals surface area contributed by atoms with E-state index in [1.807, 2.05) is 17.0 Å². The number of methoxy groups -OCH3 is 1. The molecule has 1 saturated heterocycles. The van der Waals surface area contributed by atoms with E-state index in [-0.39, 0.29) is 11.8 Å². The third-order valence-corrected chi connectivity index (χ3v) is 3.33. The molecule has 0 radical (unpaired) electrons. The van der Waals surface area contributed by atoms with Crippen molar-refractivity contribution in [3.05, 3.63) is 23.9 Å². The van der Waals surface area contributed by atoms with Crippen LogP contribution >= 0.6 is 11.6 Å². The summed E-state index contributed by atoms with van der Waals surface area (Å²) < 4.78 is 5.05. The van der Waals surface area contributed by atoms with Crippen molar-refractivity contribution in [3.8, 4) is 5.88 Å². The maximum atomic E-state index is 11.7. The maximum Gasteiger partial charge on any atom is 0.223 e. The lowest BCUT2D eigenvalue weighted by atomic mass is 10.1. The van der Waals surface area contributed by atoms with E-state index in [0.29, 0.717) is 24.7 Å². The predicted molar refractivity (Wildman–Crippen MR) is 65.0 cm³/mol. The van der Waals surface area contributed by atoms with E-state index in [1.165, 1.54) is 0 Å². The number of ether oxygens (including phenoxy) is 1. The summed E-state index contributed by atoms with van der Waals surface area (Å²) in [5.74, 6) is 1.57. The van der Waals surface area contributed by atoms with E-state index >= 15 is 0 Å². The second-order valence-corrected chi connectivity index (χ2v) is 4.51. The van der Waals surface area contributed by atoms with Crippen molar-refractivity contribution < 1.29 is 9.53 Å². The second kappa shape index (κ2) is 5.36. The molecule has 1 aliphatic rings. The summed E-state index contributed by atoms with van der Waals surface area (Å²) in [6.07, 6.45) is 2.25. The zero-order valence-electron chi connectivity index (χ0n) is 9.73. The Bertz CT molecular complexity index is 411. The number of rotatable bonds is 4. The highest BCUT2D eigenvalue weighted by atomic mass is 35.5. The average Bonchev–Trinajstić information content (AvgIpc) is 2.70. The van der Waals surface area contributed by atoms with Gasteiger partial charge in [-0.15, -0.1) is 11.6 Å². The lowest BCUT2D eigenvalue weighted by Gasteiger charge is -2.16. The number of pyridine rings is 1. The zero-order chi connectivity index (χ0) is 12.3. The minimum Gasteiger partial charge on any atom is -0.481 e. The highest BCUT2D eigenvalue weighted by Crippen LogP contribution is 2.21. The molecule has 5 heteroatoms. The Hall–Kier alpha value is -1.29. The quantitative estimate of drug-likeness (QED) is 0.768. The second-order valence-electron chi connectivity index (χ2n) is 4.21. The van der Waals surface area contributed by atoms with Crippen molar-refractivity contribution >= 4 is 17.5 Å². The van der Waals surface area contributed by atoms with Gasteiger partial charge in [0.05, 0.1) is 7.11 Å². The molecule has 1 aromatic heterocycles. The molecule has 0 saturated carbocycles. The molecule has 2 rings (SSSR count). The van der Waals surface area contributed by atoms with Crippen molar-refractivity contribution in [1.29, 1.82) is 0 Å². The van der Waals surface area contributed by atoms with Crippen LogP contribution in [0.25, 0.3) is 0 Å². The molecule has 4 nitrogen and oxygen atoms in total. The number of nitrogens with zero attached hydrogens (tertiary/aromatic N) is 2. The highest BCUT2D eigenvalue weighted by molar-refractivity contribution is 6.18. The van der Waals surface area contributed by atoms with Crippen molar-refractivity contribution in [2.75, 3.05) is 19.5 Å². The summed E-state index contributed by atoms with van der Waals surface area (Å²) in [6, 6.07) is 3.74. The van der Waals surface area contributed by atoms with E-state index < -0.39 is 0 Å². The van der Waals surface area contributed by atoms with Gasteiger partial charge in [0.2, 0.25) is 11.8 Å². The van der Waals surface area contributed by atoms with Gasteiger partial charge in [-0.2, -0.15) is 0 Å². The molecule has 0 spiro atoms. The Kier molecular flexibility index (Phi) is 3.84. The first-order chi connectivity index (χ1) is 8.22. The van der Waals surface area contributed by atoms with Gasteiger partial charge in [0.25, 0.3) is 0 Å². The Morgan fingerprint density at radius 3 is 3.12 bits per heavy atom. The maximum absolute atomic E-state index is 11.7. The largest absolute Gasteiger partial charge is 0.481 e. The Labute approximate surface area is 106 Å². The van der Waals surface area contributed by atoms with Crippen LogP contribution in [0.3, 0.4) is 0 Å². The molecular weight excluding hydrogens is 240 g/mol. The van der Waals surface area contributed by atoms with Gasteiger partial charge in [-0.25, -0.2) is 4.98 Å². The number of carbonyl (C=O) groups is 1. The van der Waals surface area contributed by atoms with Gasteiger partial charge >= 0.3 is 0 Å². The Morgan fingerprint density at radius 2 is 2.47 bits per heavy atom. The molecule has 1 unspecified atom stereocenters. The number of carbonyl (C=O) groups excluding carboxylic acids is 1. The molecule has 0 aliphatic carbocycles. The van der Waals surface area contributed by atoms with Crippen molar-refractivity contribution in [2.24, 2.45) is 5.92 Å². The van der Waals surface area contributed by atoms with Crippen LogP contribution in [-0.4, -0.2) is 35.3 Å².